The molecule has 0 spiro atoms. The van der Waals surface area contributed by atoms with E-state index in [0.717, 1.165) is 63.8 Å². The third-order valence-electron chi connectivity index (χ3n) is 8.19. The zero-order chi connectivity index (χ0) is 31.9. The van der Waals surface area contributed by atoms with E-state index in [0.29, 0.717) is 12.1 Å². The number of carbonyl (C=O) groups is 2. The van der Waals surface area contributed by atoms with Crippen LogP contribution in [0.1, 0.15) is 69.6 Å². The second-order valence-electron chi connectivity index (χ2n) is 12.8. The predicted molar refractivity (Wildman–Crippen MR) is 181 cm³/mol. The Kier molecular flexibility index (Phi) is 11.3. The van der Waals surface area contributed by atoms with Crippen molar-refractivity contribution in [1.29, 1.82) is 0 Å². The highest BCUT2D eigenvalue weighted by Gasteiger charge is 2.34. The number of nitrogens with one attached hydrogen (secondary N) is 1. The van der Waals surface area contributed by atoms with Gasteiger partial charge in [0.2, 0.25) is 21.8 Å². The quantitative estimate of drug-likeness (QED) is 0.247. The van der Waals surface area contributed by atoms with E-state index in [4.69, 9.17) is 0 Å². The number of carbonyl (C=O) groups excluding carboxylic acids is 2. The average molecular weight is 683 g/mol. The van der Waals surface area contributed by atoms with Crippen LogP contribution >= 0.6 is 15.9 Å². The van der Waals surface area contributed by atoms with E-state index >= 15 is 0 Å². The lowest BCUT2D eigenvalue weighted by Gasteiger charge is -2.35. The molecule has 0 heterocycles. The molecule has 1 atom stereocenters. The Bertz CT molecular complexity index is 1500. The van der Waals surface area contributed by atoms with Crippen molar-refractivity contribution in [3.8, 4) is 0 Å². The Balaban J connectivity index is 1.71. The molecule has 0 radical (unpaired) electrons. The number of anilines is 1. The lowest BCUT2D eigenvalue weighted by atomic mass is 9.87. The van der Waals surface area contributed by atoms with Crippen LogP contribution in [0, 0.1) is 0 Å². The summed E-state index contributed by atoms with van der Waals surface area (Å²) >= 11 is 3.47. The van der Waals surface area contributed by atoms with Crippen LogP contribution < -0.4 is 9.62 Å². The highest BCUT2D eigenvalue weighted by Crippen LogP contribution is 2.27. The zero-order valence-electron chi connectivity index (χ0n) is 26.1. The van der Waals surface area contributed by atoms with E-state index in [9.17, 15) is 18.0 Å². The number of amides is 2. The maximum atomic E-state index is 14.3. The number of rotatable bonds is 11. The lowest BCUT2D eigenvalue weighted by Crippen LogP contribution is -2.55. The summed E-state index contributed by atoms with van der Waals surface area (Å²) in [6.07, 6.45) is 6.52. The molecule has 0 aromatic heterocycles. The monoisotopic (exact) mass is 681 g/mol. The van der Waals surface area contributed by atoms with Crippen LogP contribution in [0.2, 0.25) is 0 Å². The van der Waals surface area contributed by atoms with E-state index in [2.05, 4.69) is 42.0 Å². The molecule has 1 aliphatic carbocycles. The van der Waals surface area contributed by atoms with Gasteiger partial charge in [-0.2, -0.15) is 0 Å². The van der Waals surface area contributed by atoms with E-state index in [1.165, 1.54) is 0 Å². The van der Waals surface area contributed by atoms with Crippen molar-refractivity contribution in [2.75, 3.05) is 17.1 Å². The van der Waals surface area contributed by atoms with Gasteiger partial charge in [-0.3, -0.25) is 13.9 Å². The van der Waals surface area contributed by atoms with Crippen LogP contribution in [0.15, 0.2) is 83.3 Å². The van der Waals surface area contributed by atoms with Crippen molar-refractivity contribution in [3.63, 3.8) is 0 Å². The van der Waals surface area contributed by atoms with Crippen LogP contribution in [0.5, 0.6) is 0 Å². The minimum Gasteiger partial charge on any atom is -0.352 e. The van der Waals surface area contributed by atoms with E-state index in [-0.39, 0.29) is 23.9 Å². The fourth-order valence-corrected chi connectivity index (χ4v) is 6.74. The van der Waals surface area contributed by atoms with Crippen molar-refractivity contribution < 1.29 is 18.0 Å². The largest absolute Gasteiger partial charge is 0.352 e. The van der Waals surface area contributed by atoms with Gasteiger partial charge >= 0.3 is 0 Å². The number of nitrogens with zero attached hydrogens (tertiary/aromatic N) is 2. The van der Waals surface area contributed by atoms with Crippen molar-refractivity contribution in [3.05, 3.63) is 100 Å². The second-order valence-corrected chi connectivity index (χ2v) is 15.6. The third kappa shape index (κ3) is 9.41. The van der Waals surface area contributed by atoms with Crippen LogP contribution in [-0.4, -0.2) is 50.0 Å². The highest BCUT2D eigenvalue weighted by molar-refractivity contribution is 9.10. The fourth-order valence-electron chi connectivity index (χ4n) is 5.63. The SMILES string of the molecule is CC(C)(C)c1ccc(N(CC(=O)N(Cc2ccc(Br)cc2)C(Cc2ccccc2)C(=O)NC2CCCCC2)S(C)(=O)=O)cc1. The summed E-state index contributed by atoms with van der Waals surface area (Å²) in [5.74, 6) is -0.662. The standard InChI is InChI=1S/C35H44BrN3O4S/c1-35(2,3)28-17-21-31(22-18-28)39(44(4,42)43)25-33(40)38(24-27-15-19-29(36)20-16-27)32(23-26-11-7-5-8-12-26)34(41)37-30-13-9-6-10-14-30/h5,7-8,11-12,15-22,30,32H,6,9-10,13-14,23-25H2,1-4H3,(H,37,41). The molecule has 3 aromatic carbocycles. The first-order chi connectivity index (χ1) is 20.8. The number of hydrogen-bond acceptors (Lipinski definition) is 4. The molecule has 1 N–H and O–H groups in total. The molecule has 0 saturated heterocycles. The van der Waals surface area contributed by atoms with Crippen LogP contribution in [0.25, 0.3) is 0 Å². The molecule has 1 aliphatic rings. The normalized spacial score (nSPS) is 14.9. The smallest absolute Gasteiger partial charge is 0.244 e. The zero-order valence-corrected chi connectivity index (χ0v) is 28.5. The number of hydrogen-bond donors (Lipinski definition) is 1. The predicted octanol–water partition coefficient (Wildman–Crippen LogP) is 6.60. The molecule has 44 heavy (non-hydrogen) atoms. The summed E-state index contributed by atoms with van der Waals surface area (Å²) in [5, 5.41) is 3.23. The Morgan fingerprint density at radius 1 is 0.886 bits per heavy atom. The average Bonchev–Trinajstić information content (AvgIpc) is 2.98. The summed E-state index contributed by atoms with van der Waals surface area (Å²) in [6, 6.07) is 23.7. The first kappa shape index (κ1) is 33.7. The maximum Gasteiger partial charge on any atom is 0.244 e. The van der Waals surface area contributed by atoms with Gasteiger partial charge in [0.15, 0.2) is 0 Å². The molecule has 1 unspecified atom stereocenters. The molecule has 2 amide bonds. The molecule has 9 heteroatoms. The van der Waals surface area contributed by atoms with Gasteiger partial charge in [-0.25, -0.2) is 8.42 Å². The molecular weight excluding hydrogens is 638 g/mol. The Morgan fingerprint density at radius 2 is 1.50 bits per heavy atom. The second kappa shape index (κ2) is 14.7. The Hall–Kier alpha value is -3.17. The molecule has 236 valence electrons. The highest BCUT2D eigenvalue weighted by atomic mass is 79.9. The summed E-state index contributed by atoms with van der Waals surface area (Å²) in [4.78, 5) is 29.9. The van der Waals surface area contributed by atoms with Crippen LogP contribution in [0.3, 0.4) is 0 Å². The number of sulfonamides is 1. The van der Waals surface area contributed by atoms with Gasteiger partial charge in [0.05, 0.1) is 11.9 Å². The Morgan fingerprint density at radius 3 is 2.07 bits per heavy atom. The molecule has 7 nitrogen and oxygen atoms in total. The molecule has 1 fully saturated rings. The van der Waals surface area contributed by atoms with Crippen molar-refractivity contribution in [2.24, 2.45) is 0 Å². The first-order valence-electron chi connectivity index (χ1n) is 15.3. The molecule has 1 saturated carbocycles. The fraction of sp³-hybridized carbons (Fsp3) is 0.429. The molecule has 3 aromatic rings. The number of halogens is 1. The van der Waals surface area contributed by atoms with Crippen molar-refractivity contribution >= 4 is 43.5 Å². The Labute approximate surface area is 271 Å². The first-order valence-corrected chi connectivity index (χ1v) is 17.9. The van der Waals surface area contributed by atoms with E-state index in [1.807, 2.05) is 66.7 Å². The minimum atomic E-state index is -3.82. The van der Waals surface area contributed by atoms with Gasteiger partial charge < -0.3 is 10.2 Å². The van der Waals surface area contributed by atoms with Crippen LogP contribution in [-0.2, 0) is 38.0 Å². The molecule has 0 bridgehead atoms. The van der Waals surface area contributed by atoms with Gasteiger partial charge in [0, 0.05) is 23.5 Å². The van der Waals surface area contributed by atoms with E-state index < -0.39 is 28.5 Å². The van der Waals surface area contributed by atoms with Gasteiger partial charge in [-0.15, -0.1) is 0 Å². The van der Waals surface area contributed by atoms with Gasteiger partial charge in [0.25, 0.3) is 0 Å². The summed E-state index contributed by atoms with van der Waals surface area (Å²) < 4.78 is 28.2. The van der Waals surface area contributed by atoms with Gasteiger partial charge in [-0.1, -0.05) is 111 Å². The molecule has 4 rings (SSSR count). The van der Waals surface area contributed by atoms with Gasteiger partial charge in [0.1, 0.15) is 12.6 Å². The minimum absolute atomic E-state index is 0.0630. The summed E-state index contributed by atoms with van der Waals surface area (Å²) in [7, 11) is -3.82. The topological polar surface area (TPSA) is 86.8 Å². The van der Waals surface area contributed by atoms with E-state index in [1.54, 1.807) is 17.0 Å². The van der Waals surface area contributed by atoms with Gasteiger partial charge in [-0.05, 0) is 59.2 Å². The molecular formula is C35H44BrN3O4S. The summed E-state index contributed by atoms with van der Waals surface area (Å²) in [5.41, 5.74) is 3.11. The van der Waals surface area contributed by atoms with Crippen molar-refractivity contribution in [2.45, 2.75) is 83.3 Å². The lowest BCUT2D eigenvalue weighted by molar-refractivity contribution is -0.140. The van der Waals surface area contributed by atoms with Crippen molar-refractivity contribution in [1.82, 2.24) is 10.2 Å². The van der Waals surface area contributed by atoms with Crippen LogP contribution in [0.4, 0.5) is 5.69 Å². The third-order valence-corrected chi connectivity index (χ3v) is 9.86. The number of benzene rings is 3. The summed E-state index contributed by atoms with van der Waals surface area (Å²) in [6.45, 7) is 6.00. The maximum absolute atomic E-state index is 14.3. The molecule has 0 aliphatic heterocycles.